The molecule has 1 heterocycles. The van der Waals surface area contributed by atoms with Crippen molar-refractivity contribution in [2.24, 2.45) is 0 Å². The lowest BCUT2D eigenvalue weighted by Crippen LogP contribution is -2.23. The minimum Gasteiger partial charge on any atom is -0.496 e. The van der Waals surface area contributed by atoms with E-state index in [4.69, 9.17) is 21.1 Å². The molecule has 0 saturated heterocycles. The summed E-state index contributed by atoms with van der Waals surface area (Å²) in [6.45, 7) is 0. The van der Waals surface area contributed by atoms with Crippen LogP contribution in [-0.4, -0.2) is 31.2 Å². The van der Waals surface area contributed by atoms with Gasteiger partial charge in [-0.3, -0.25) is 4.79 Å². The van der Waals surface area contributed by atoms with Crippen LogP contribution in [0.5, 0.6) is 11.5 Å². The number of hydrogen-bond donors (Lipinski definition) is 2. The first-order chi connectivity index (χ1) is 14.6. The maximum Gasteiger partial charge on any atom is 0.262 e. The quantitative estimate of drug-likeness (QED) is 0.544. The normalized spacial score (nSPS) is 17.3. The van der Waals surface area contributed by atoms with Crippen LogP contribution in [0.15, 0.2) is 48.2 Å². The van der Waals surface area contributed by atoms with Crippen molar-refractivity contribution in [1.29, 1.82) is 0 Å². The number of carbonyl (C=O) groups is 1. The van der Waals surface area contributed by atoms with Crippen LogP contribution in [0.4, 0.5) is 5.13 Å². The highest BCUT2D eigenvalue weighted by molar-refractivity contribution is 7.22. The number of nitrogens with zero attached hydrogens (tertiary/aromatic N) is 1. The van der Waals surface area contributed by atoms with Gasteiger partial charge in [-0.05, 0) is 55.2 Å². The van der Waals surface area contributed by atoms with Gasteiger partial charge in [0.2, 0.25) is 0 Å². The Labute approximate surface area is 183 Å². The summed E-state index contributed by atoms with van der Waals surface area (Å²) in [5.74, 6) is 0.677. The largest absolute Gasteiger partial charge is 0.496 e. The molecule has 4 rings (SSSR count). The second-order valence-electron chi connectivity index (χ2n) is 6.95. The number of fused-ring (bicyclic) bond motifs is 1. The monoisotopic (exact) mass is 443 g/mol. The molecule has 0 aliphatic heterocycles. The molecule has 6 nitrogen and oxygen atoms in total. The molecule has 0 bridgehead atoms. The second-order valence-corrected chi connectivity index (χ2v) is 8.42. The molecule has 1 aromatic heterocycles. The van der Waals surface area contributed by atoms with Crippen LogP contribution in [0.1, 0.15) is 29.6 Å². The lowest BCUT2D eigenvalue weighted by molar-refractivity contribution is 0.0963. The van der Waals surface area contributed by atoms with E-state index in [1.165, 1.54) is 14.2 Å². The van der Waals surface area contributed by atoms with Gasteiger partial charge in [-0.15, -0.1) is 0 Å². The number of carbonyl (C=O) groups excluding carboxylic acids is 1. The number of ether oxygens (including phenoxy) is 2. The molecule has 2 aromatic carbocycles. The fourth-order valence-electron chi connectivity index (χ4n) is 3.62. The summed E-state index contributed by atoms with van der Waals surface area (Å²) in [4.78, 5) is 17.5. The van der Waals surface area contributed by atoms with Crippen molar-refractivity contribution < 1.29 is 14.3 Å². The van der Waals surface area contributed by atoms with Crippen molar-refractivity contribution >= 4 is 44.2 Å². The van der Waals surface area contributed by atoms with E-state index in [9.17, 15) is 4.79 Å². The van der Waals surface area contributed by atoms with Gasteiger partial charge < -0.3 is 20.1 Å². The summed E-state index contributed by atoms with van der Waals surface area (Å²) >= 11 is 7.65. The van der Waals surface area contributed by atoms with Gasteiger partial charge >= 0.3 is 0 Å². The third kappa shape index (κ3) is 4.22. The number of anilines is 1. The number of halogens is 1. The van der Waals surface area contributed by atoms with Crippen LogP contribution < -0.4 is 20.1 Å². The van der Waals surface area contributed by atoms with Crippen LogP contribution >= 0.6 is 22.9 Å². The zero-order valence-corrected chi connectivity index (χ0v) is 18.3. The Kier molecular flexibility index (Phi) is 6.11. The molecule has 1 amide bonds. The van der Waals surface area contributed by atoms with E-state index in [2.05, 4.69) is 15.6 Å². The summed E-state index contributed by atoms with van der Waals surface area (Å²) in [6.07, 6.45) is 4.74. The number of methoxy groups -OCH3 is 2. The maximum atomic E-state index is 12.8. The minimum absolute atomic E-state index is 0.126. The van der Waals surface area contributed by atoms with Gasteiger partial charge in [0.05, 0.1) is 30.5 Å². The highest BCUT2D eigenvalue weighted by Gasteiger charge is 2.23. The molecule has 1 saturated carbocycles. The predicted octanol–water partition coefficient (Wildman–Crippen LogP) is 5.25. The van der Waals surface area contributed by atoms with Gasteiger partial charge in [0.1, 0.15) is 17.1 Å². The van der Waals surface area contributed by atoms with Crippen molar-refractivity contribution in [3.05, 3.63) is 58.8 Å². The molecule has 1 unspecified atom stereocenters. The van der Waals surface area contributed by atoms with E-state index < -0.39 is 0 Å². The highest BCUT2D eigenvalue weighted by Crippen LogP contribution is 2.33. The smallest absolute Gasteiger partial charge is 0.262 e. The van der Waals surface area contributed by atoms with Crippen molar-refractivity contribution in [1.82, 2.24) is 10.3 Å². The Morgan fingerprint density at radius 2 is 2.00 bits per heavy atom. The van der Waals surface area contributed by atoms with Crippen molar-refractivity contribution in [3.63, 3.8) is 0 Å². The number of nitrogens with one attached hydrogen (secondary N) is 2. The molecular formula is C22H22ClN3O3S. The molecule has 0 radical (unpaired) electrons. The first-order valence-electron chi connectivity index (χ1n) is 9.62. The molecule has 3 aromatic rings. The number of rotatable bonds is 6. The molecule has 0 spiro atoms. The van der Waals surface area contributed by atoms with Crippen molar-refractivity contribution in [3.8, 4) is 11.5 Å². The summed E-state index contributed by atoms with van der Waals surface area (Å²) < 4.78 is 11.7. The Bertz CT molecular complexity index is 1090. The summed E-state index contributed by atoms with van der Waals surface area (Å²) in [7, 11) is 3.07. The van der Waals surface area contributed by atoms with E-state index in [0.29, 0.717) is 22.1 Å². The molecule has 1 fully saturated rings. The predicted molar refractivity (Wildman–Crippen MR) is 121 cm³/mol. The van der Waals surface area contributed by atoms with E-state index in [1.807, 2.05) is 18.2 Å². The van der Waals surface area contributed by atoms with Gasteiger partial charge in [0.15, 0.2) is 5.13 Å². The summed E-state index contributed by atoms with van der Waals surface area (Å²) in [5, 5.41) is 7.96. The molecule has 30 heavy (non-hydrogen) atoms. The van der Waals surface area contributed by atoms with Gasteiger partial charge in [-0.2, -0.15) is 0 Å². The van der Waals surface area contributed by atoms with Crippen LogP contribution in [-0.2, 0) is 0 Å². The lowest BCUT2D eigenvalue weighted by Gasteiger charge is -2.15. The Morgan fingerprint density at radius 1 is 1.23 bits per heavy atom. The molecule has 1 aliphatic carbocycles. The van der Waals surface area contributed by atoms with Gasteiger partial charge in [-0.25, -0.2) is 4.98 Å². The highest BCUT2D eigenvalue weighted by atomic mass is 35.5. The van der Waals surface area contributed by atoms with Gasteiger partial charge in [0, 0.05) is 11.2 Å². The third-order valence-corrected chi connectivity index (χ3v) is 6.28. The fraction of sp³-hybridized carbons (Fsp3) is 0.273. The molecule has 156 valence electrons. The SMILES string of the molecule is COc1cccc(OC)c1C(=O)N/C=C1/CCCC1Nc1nc2ccc(Cl)cc2s1. The van der Waals surface area contributed by atoms with Crippen LogP contribution in [0.3, 0.4) is 0 Å². The maximum absolute atomic E-state index is 12.8. The Balaban J connectivity index is 1.50. The third-order valence-electron chi connectivity index (χ3n) is 5.10. The van der Waals surface area contributed by atoms with Crippen LogP contribution in [0, 0.1) is 0 Å². The van der Waals surface area contributed by atoms with E-state index in [1.54, 1.807) is 35.7 Å². The lowest BCUT2D eigenvalue weighted by atomic mass is 10.1. The molecule has 1 aliphatic rings. The van der Waals surface area contributed by atoms with E-state index in [-0.39, 0.29) is 11.9 Å². The number of amides is 1. The second kappa shape index (κ2) is 8.93. The number of benzene rings is 2. The van der Waals surface area contributed by atoms with Gasteiger partial charge in [-0.1, -0.05) is 29.0 Å². The average molecular weight is 444 g/mol. The average Bonchev–Trinajstić information content (AvgIpc) is 3.37. The topological polar surface area (TPSA) is 72.5 Å². The van der Waals surface area contributed by atoms with Gasteiger partial charge in [0.25, 0.3) is 5.91 Å². The van der Waals surface area contributed by atoms with Crippen molar-refractivity contribution in [2.75, 3.05) is 19.5 Å². The fourth-order valence-corrected chi connectivity index (χ4v) is 4.82. The summed E-state index contributed by atoms with van der Waals surface area (Å²) in [5.41, 5.74) is 2.44. The first-order valence-corrected chi connectivity index (χ1v) is 10.8. The molecule has 2 N–H and O–H groups in total. The molecular weight excluding hydrogens is 422 g/mol. The Hall–Kier alpha value is -2.77. The first kappa shape index (κ1) is 20.5. The molecule has 1 atom stereocenters. The van der Waals surface area contributed by atoms with Crippen LogP contribution in [0.25, 0.3) is 10.2 Å². The zero-order valence-electron chi connectivity index (χ0n) is 16.7. The number of hydrogen-bond acceptors (Lipinski definition) is 6. The zero-order chi connectivity index (χ0) is 21.1. The van der Waals surface area contributed by atoms with Crippen LogP contribution in [0.2, 0.25) is 5.02 Å². The van der Waals surface area contributed by atoms with E-state index in [0.717, 1.165) is 40.2 Å². The number of thiazole rings is 1. The Morgan fingerprint density at radius 3 is 2.73 bits per heavy atom. The standard InChI is InChI=1S/C22H22ClN3O3S/c1-28-17-7-4-8-18(29-2)20(17)21(27)24-12-13-5-3-6-15(13)25-22-26-16-10-9-14(23)11-19(16)30-22/h4,7-12,15H,3,5-6H2,1-2H3,(H,24,27)(H,25,26)/b13-12-. The molecule has 8 heteroatoms. The minimum atomic E-state index is -0.267. The number of aromatic nitrogens is 1. The summed E-state index contributed by atoms with van der Waals surface area (Å²) in [6, 6.07) is 11.1. The van der Waals surface area contributed by atoms with E-state index >= 15 is 0 Å². The van der Waals surface area contributed by atoms with Crippen molar-refractivity contribution in [2.45, 2.75) is 25.3 Å².